The topological polar surface area (TPSA) is 38.2 Å². The van der Waals surface area contributed by atoms with Crippen LogP contribution in [0.1, 0.15) is 19.3 Å². The second kappa shape index (κ2) is 3.05. The molecule has 1 aliphatic carbocycles. The monoisotopic (exact) mass is 116 g/mol. The fourth-order valence-electron chi connectivity index (χ4n) is 0.903. The highest BCUT2D eigenvalue weighted by atomic mass is 15.1. The maximum Gasteiger partial charge on any atom is 0.00891 e. The molecule has 1 saturated carbocycles. The predicted molar refractivity (Wildman–Crippen MR) is 36.3 cm³/mol. The smallest absolute Gasteiger partial charge is 0.00891 e. The molecule has 0 aromatic heterocycles. The Hall–Kier alpha value is -0.0800. The van der Waals surface area contributed by atoms with Gasteiger partial charge in [0.1, 0.15) is 0 Å². The summed E-state index contributed by atoms with van der Waals surface area (Å²) >= 11 is 0. The van der Waals surface area contributed by atoms with Crippen LogP contribution in [-0.2, 0) is 0 Å². The van der Waals surface area contributed by atoms with Crippen molar-refractivity contribution in [3.63, 3.8) is 0 Å². The van der Waals surface area contributed by atoms with E-state index in [2.05, 4.69) is 19.0 Å². The summed E-state index contributed by atoms with van der Waals surface area (Å²) in [5.74, 6) is 0. The minimum Gasteiger partial charge on any atom is -0.344 e. The van der Waals surface area contributed by atoms with Crippen molar-refractivity contribution in [2.45, 2.75) is 25.3 Å². The van der Waals surface area contributed by atoms with Gasteiger partial charge in [0.15, 0.2) is 0 Å². The molecule has 0 amide bonds. The van der Waals surface area contributed by atoms with E-state index in [4.69, 9.17) is 0 Å². The molecule has 8 heavy (non-hydrogen) atoms. The molecule has 1 rings (SSSR count). The normalized spacial score (nSPS) is 19.9. The number of hydrogen-bond donors (Lipinski definition) is 1. The molecule has 2 heteroatoms. The Morgan fingerprint density at radius 1 is 1.25 bits per heavy atom. The molecule has 0 unspecified atom stereocenters. The zero-order valence-corrected chi connectivity index (χ0v) is 5.85. The Morgan fingerprint density at radius 3 is 1.75 bits per heavy atom. The minimum absolute atomic E-state index is 0. The molecule has 0 heterocycles. The van der Waals surface area contributed by atoms with Crippen LogP contribution < -0.4 is 6.15 Å². The third-order valence-corrected chi connectivity index (χ3v) is 1.80. The van der Waals surface area contributed by atoms with Crippen LogP contribution in [0.3, 0.4) is 0 Å². The van der Waals surface area contributed by atoms with E-state index in [1.54, 1.807) is 0 Å². The van der Waals surface area contributed by atoms with Crippen LogP contribution in [0.15, 0.2) is 0 Å². The SMILES string of the molecule is CN(C)C1CCC1.N. The van der Waals surface area contributed by atoms with Crippen molar-refractivity contribution in [1.82, 2.24) is 11.1 Å². The van der Waals surface area contributed by atoms with E-state index in [-0.39, 0.29) is 6.15 Å². The van der Waals surface area contributed by atoms with Crippen molar-refractivity contribution in [3.8, 4) is 0 Å². The van der Waals surface area contributed by atoms with E-state index in [0.717, 1.165) is 6.04 Å². The van der Waals surface area contributed by atoms with Crippen LogP contribution in [-0.4, -0.2) is 25.0 Å². The zero-order chi connectivity index (χ0) is 5.28. The van der Waals surface area contributed by atoms with Crippen LogP contribution in [0.4, 0.5) is 0 Å². The minimum atomic E-state index is 0. The molecule has 0 saturated heterocycles. The Kier molecular flexibility index (Phi) is 3.02. The van der Waals surface area contributed by atoms with E-state index < -0.39 is 0 Å². The first-order valence-electron chi connectivity index (χ1n) is 2.97. The van der Waals surface area contributed by atoms with E-state index in [1.807, 2.05) is 0 Å². The lowest BCUT2D eigenvalue weighted by molar-refractivity contribution is 0.193. The third kappa shape index (κ3) is 1.46. The Morgan fingerprint density at radius 2 is 1.75 bits per heavy atom. The highest BCUT2D eigenvalue weighted by Gasteiger charge is 2.18. The van der Waals surface area contributed by atoms with Gasteiger partial charge in [0.05, 0.1) is 0 Å². The summed E-state index contributed by atoms with van der Waals surface area (Å²) in [6.45, 7) is 0. The van der Waals surface area contributed by atoms with Crippen LogP contribution in [0.25, 0.3) is 0 Å². The maximum atomic E-state index is 2.31. The Bertz CT molecular complexity index is 57.5. The first kappa shape index (κ1) is 7.92. The lowest BCUT2D eigenvalue weighted by atomic mass is 9.92. The van der Waals surface area contributed by atoms with Crippen molar-refractivity contribution in [2.75, 3.05) is 14.1 Å². The van der Waals surface area contributed by atoms with Crippen molar-refractivity contribution >= 4 is 0 Å². The van der Waals surface area contributed by atoms with Gasteiger partial charge in [-0.25, -0.2) is 0 Å². The van der Waals surface area contributed by atoms with Crippen LogP contribution in [0.2, 0.25) is 0 Å². The summed E-state index contributed by atoms with van der Waals surface area (Å²) in [6.07, 6.45) is 4.29. The predicted octanol–water partition coefficient (Wildman–Crippen LogP) is 1.26. The fourth-order valence-corrected chi connectivity index (χ4v) is 0.903. The molecule has 0 radical (unpaired) electrons. The summed E-state index contributed by atoms with van der Waals surface area (Å²) in [5, 5.41) is 0. The molecule has 0 spiro atoms. The van der Waals surface area contributed by atoms with Gasteiger partial charge in [-0.15, -0.1) is 0 Å². The largest absolute Gasteiger partial charge is 0.344 e. The lowest BCUT2D eigenvalue weighted by Gasteiger charge is -2.31. The van der Waals surface area contributed by atoms with Gasteiger partial charge in [0.2, 0.25) is 0 Å². The highest BCUT2D eigenvalue weighted by molar-refractivity contribution is 4.75. The van der Waals surface area contributed by atoms with E-state index >= 15 is 0 Å². The van der Waals surface area contributed by atoms with Crippen molar-refractivity contribution < 1.29 is 0 Å². The first-order chi connectivity index (χ1) is 3.30. The Balaban J connectivity index is 0.000000490. The van der Waals surface area contributed by atoms with Gasteiger partial charge >= 0.3 is 0 Å². The first-order valence-corrected chi connectivity index (χ1v) is 2.97. The zero-order valence-electron chi connectivity index (χ0n) is 5.85. The summed E-state index contributed by atoms with van der Waals surface area (Å²) in [5.41, 5.74) is 0. The van der Waals surface area contributed by atoms with Gasteiger partial charge in [0, 0.05) is 6.04 Å². The molecule has 0 aromatic rings. The number of nitrogens with zero attached hydrogens (tertiary/aromatic N) is 1. The van der Waals surface area contributed by atoms with E-state index in [9.17, 15) is 0 Å². The third-order valence-electron chi connectivity index (χ3n) is 1.80. The molecule has 0 aliphatic heterocycles. The van der Waals surface area contributed by atoms with Gasteiger partial charge < -0.3 is 11.1 Å². The standard InChI is InChI=1S/C6H13N.H3N/c1-7(2)6-4-3-5-6;/h6H,3-5H2,1-2H3;1H3. The van der Waals surface area contributed by atoms with Gasteiger partial charge in [-0.1, -0.05) is 6.42 Å². The van der Waals surface area contributed by atoms with Crippen molar-refractivity contribution in [2.24, 2.45) is 0 Å². The highest BCUT2D eigenvalue weighted by Crippen LogP contribution is 2.21. The Labute approximate surface area is 51.5 Å². The van der Waals surface area contributed by atoms with Crippen LogP contribution >= 0.6 is 0 Å². The van der Waals surface area contributed by atoms with Gasteiger partial charge in [-0.3, -0.25) is 0 Å². The lowest BCUT2D eigenvalue weighted by Crippen LogP contribution is -2.33. The molecule has 1 fully saturated rings. The van der Waals surface area contributed by atoms with Crippen molar-refractivity contribution in [3.05, 3.63) is 0 Å². The average molecular weight is 116 g/mol. The average Bonchev–Trinajstić information content (AvgIpc) is 1.23. The second-order valence-corrected chi connectivity index (χ2v) is 2.55. The summed E-state index contributed by atoms with van der Waals surface area (Å²) in [4.78, 5) is 2.31. The fraction of sp³-hybridized carbons (Fsp3) is 1.00. The second-order valence-electron chi connectivity index (χ2n) is 2.55. The molecule has 0 aromatic carbocycles. The summed E-state index contributed by atoms with van der Waals surface area (Å²) in [7, 11) is 4.31. The summed E-state index contributed by atoms with van der Waals surface area (Å²) in [6, 6.07) is 0.917. The molecule has 0 atom stereocenters. The van der Waals surface area contributed by atoms with Crippen LogP contribution in [0, 0.1) is 0 Å². The number of rotatable bonds is 1. The molecule has 0 bridgehead atoms. The maximum absolute atomic E-state index is 2.31. The molecule has 50 valence electrons. The van der Waals surface area contributed by atoms with Gasteiger partial charge in [-0.05, 0) is 26.9 Å². The van der Waals surface area contributed by atoms with Crippen LogP contribution in [0.5, 0.6) is 0 Å². The molecular weight excluding hydrogens is 100 g/mol. The quantitative estimate of drug-likeness (QED) is 0.560. The van der Waals surface area contributed by atoms with E-state index in [1.165, 1.54) is 19.3 Å². The number of hydrogen-bond acceptors (Lipinski definition) is 2. The molecular formula is C6H16N2. The molecule has 2 nitrogen and oxygen atoms in total. The summed E-state index contributed by atoms with van der Waals surface area (Å²) < 4.78 is 0. The van der Waals surface area contributed by atoms with Gasteiger partial charge in [0.25, 0.3) is 0 Å². The van der Waals surface area contributed by atoms with Crippen molar-refractivity contribution in [1.29, 1.82) is 0 Å². The van der Waals surface area contributed by atoms with E-state index in [0.29, 0.717) is 0 Å². The van der Waals surface area contributed by atoms with Gasteiger partial charge in [-0.2, -0.15) is 0 Å². The molecule has 1 aliphatic rings. The molecule has 3 N–H and O–H groups in total.